The Hall–Kier alpha value is -3.55. The number of carbonyl (C=O) groups excluding carboxylic acids is 2. The van der Waals surface area contributed by atoms with Gasteiger partial charge >= 0.3 is 0 Å². The van der Waals surface area contributed by atoms with Gasteiger partial charge in [0.05, 0.1) is 11.4 Å². The zero-order valence-corrected chi connectivity index (χ0v) is 15.0. The molecule has 1 fully saturated rings. The standard InChI is InChI=1S/C20H18N4O4/c25-18-8-13(10-24(18)19-14-3-1-2-4-15(14)22-23-19)20(26)21-9-12-5-6-16-17(7-12)28-11-27-16/h1-7,13H,8-11H2,(H,21,26)(H,22,23)/t13-/m0/s1. The third-order valence-corrected chi connectivity index (χ3v) is 5.11. The maximum atomic E-state index is 12.6. The molecule has 3 heterocycles. The van der Waals surface area contributed by atoms with Crippen LogP contribution in [-0.2, 0) is 16.1 Å². The molecule has 1 saturated heterocycles. The zero-order chi connectivity index (χ0) is 19.1. The second kappa shape index (κ2) is 6.56. The molecule has 2 aliphatic heterocycles. The van der Waals surface area contributed by atoms with Crippen molar-refractivity contribution in [2.45, 2.75) is 13.0 Å². The van der Waals surface area contributed by atoms with E-state index in [9.17, 15) is 9.59 Å². The molecule has 2 amide bonds. The van der Waals surface area contributed by atoms with Crippen molar-refractivity contribution in [2.24, 2.45) is 5.92 Å². The Kier molecular flexibility index (Phi) is 3.89. The Bertz CT molecular complexity index is 1080. The lowest BCUT2D eigenvalue weighted by Gasteiger charge is -2.14. The minimum Gasteiger partial charge on any atom is -0.454 e. The lowest BCUT2D eigenvalue weighted by Crippen LogP contribution is -2.32. The number of nitrogens with one attached hydrogen (secondary N) is 2. The number of amides is 2. The van der Waals surface area contributed by atoms with E-state index in [4.69, 9.17) is 9.47 Å². The van der Waals surface area contributed by atoms with E-state index in [1.165, 1.54) is 0 Å². The molecular weight excluding hydrogens is 360 g/mol. The first-order valence-electron chi connectivity index (χ1n) is 9.09. The third-order valence-electron chi connectivity index (χ3n) is 5.11. The summed E-state index contributed by atoms with van der Waals surface area (Å²) in [6.45, 7) is 0.902. The van der Waals surface area contributed by atoms with Crippen LogP contribution < -0.4 is 19.7 Å². The zero-order valence-electron chi connectivity index (χ0n) is 15.0. The van der Waals surface area contributed by atoms with E-state index < -0.39 is 5.92 Å². The van der Waals surface area contributed by atoms with Gasteiger partial charge in [0.25, 0.3) is 0 Å². The van der Waals surface area contributed by atoms with Gasteiger partial charge in [0, 0.05) is 24.9 Å². The monoisotopic (exact) mass is 378 g/mol. The van der Waals surface area contributed by atoms with E-state index in [0.717, 1.165) is 16.5 Å². The summed E-state index contributed by atoms with van der Waals surface area (Å²) >= 11 is 0. The molecule has 2 aromatic carbocycles. The lowest BCUT2D eigenvalue weighted by atomic mass is 10.1. The molecule has 1 atom stereocenters. The van der Waals surface area contributed by atoms with Crippen molar-refractivity contribution < 1.29 is 19.1 Å². The number of aromatic nitrogens is 2. The van der Waals surface area contributed by atoms with Crippen LogP contribution in [0.15, 0.2) is 42.5 Å². The highest BCUT2D eigenvalue weighted by molar-refractivity contribution is 6.05. The summed E-state index contributed by atoms with van der Waals surface area (Å²) in [7, 11) is 0. The molecule has 0 unspecified atom stereocenters. The van der Waals surface area contributed by atoms with Crippen molar-refractivity contribution in [1.29, 1.82) is 0 Å². The first kappa shape index (κ1) is 16.6. The Balaban J connectivity index is 1.26. The van der Waals surface area contributed by atoms with Crippen LogP contribution in [0.3, 0.4) is 0 Å². The van der Waals surface area contributed by atoms with Crippen molar-refractivity contribution >= 4 is 28.5 Å². The minimum atomic E-state index is -0.406. The highest BCUT2D eigenvalue weighted by Crippen LogP contribution is 2.33. The van der Waals surface area contributed by atoms with Gasteiger partial charge in [0.2, 0.25) is 18.6 Å². The molecule has 0 aliphatic carbocycles. The van der Waals surface area contributed by atoms with Crippen molar-refractivity contribution in [2.75, 3.05) is 18.2 Å². The highest BCUT2D eigenvalue weighted by atomic mass is 16.7. The molecule has 2 N–H and O–H groups in total. The van der Waals surface area contributed by atoms with Crippen molar-refractivity contribution in [3.05, 3.63) is 48.0 Å². The van der Waals surface area contributed by atoms with Crippen LogP contribution in [0, 0.1) is 5.92 Å². The van der Waals surface area contributed by atoms with Crippen LogP contribution in [0.5, 0.6) is 11.5 Å². The summed E-state index contributed by atoms with van der Waals surface area (Å²) in [4.78, 5) is 26.7. The van der Waals surface area contributed by atoms with E-state index >= 15 is 0 Å². The highest BCUT2D eigenvalue weighted by Gasteiger charge is 2.36. The molecule has 1 aromatic heterocycles. The second-order valence-electron chi connectivity index (χ2n) is 6.90. The smallest absolute Gasteiger partial charge is 0.231 e. The Morgan fingerprint density at radius 2 is 2.07 bits per heavy atom. The molecule has 0 saturated carbocycles. The Morgan fingerprint density at radius 3 is 3.00 bits per heavy atom. The van der Waals surface area contributed by atoms with Gasteiger partial charge in [-0.2, -0.15) is 5.10 Å². The number of anilines is 1. The number of hydrogen-bond acceptors (Lipinski definition) is 5. The first-order chi connectivity index (χ1) is 13.7. The average molecular weight is 378 g/mol. The molecule has 0 radical (unpaired) electrons. The van der Waals surface area contributed by atoms with Crippen LogP contribution in [0.1, 0.15) is 12.0 Å². The molecule has 0 spiro atoms. The summed E-state index contributed by atoms with van der Waals surface area (Å²) in [6.07, 6.45) is 0.175. The molecule has 2 aliphatic rings. The van der Waals surface area contributed by atoms with Crippen molar-refractivity contribution in [3.8, 4) is 11.5 Å². The number of hydrogen-bond donors (Lipinski definition) is 2. The summed E-state index contributed by atoms with van der Waals surface area (Å²) in [5.74, 6) is 1.32. The van der Waals surface area contributed by atoms with Crippen LogP contribution >= 0.6 is 0 Å². The quantitative estimate of drug-likeness (QED) is 0.723. The lowest BCUT2D eigenvalue weighted by molar-refractivity contribution is -0.126. The van der Waals surface area contributed by atoms with E-state index in [0.29, 0.717) is 30.4 Å². The van der Waals surface area contributed by atoms with Gasteiger partial charge in [-0.25, -0.2) is 0 Å². The summed E-state index contributed by atoms with van der Waals surface area (Å²) < 4.78 is 10.6. The second-order valence-corrected chi connectivity index (χ2v) is 6.90. The first-order valence-corrected chi connectivity index (χ1v) is 9.09. The number of nitrogens with zero attached hydrogens (tertiary/aromatic N) is 2. The number of benzene rings is 2. The fraction of sp³-hybridized carbons (Fsp3) is 0.250. The van der Waals surface area contributed by atoms with Gasteiger partial charge in [0.15, 0.2) is 17.3 Å². The van der Waals surface area contributed by atoms with Crippen LogP contribution in [0.25, 0.3) is 10.9 Å². The fourth-order valence-corrected chi connectivity index (χ4v) is 3.63. The summed E-state index contributed by atoms with van der Waals surface area (Å²) in [5, 5.41) is 11.0. The molecule has 3 aromatic rings. The Labute approximate surface area is 160 Å². The molecule has 0 bridgehead atoms. The van der Waals surface area contributed by atoms with E-state index in [2.05, 4.69) is 15.5 Å². The SMILES string of the molecule is O=C(NCc1ccc2c(c1)OCO2)[C@H]1CC(=O)N(c2n[nH]c3ccccc23)C1. The van der Waals surface area contributed by atoms with Crippen molar-refractivity contribution in [3.63, 3.8) is 0 Å². The predicted octanol–water partition coefficient (Wildman–Crippen LogP) is 1.96. The molecular formula is C20H18N4O4. The fourth-order valence-electron chi connectivity index (χ4n) is 3.63. The minimum absolute atomic E-state index is 0.0968. The van der Waals surface area contributed by atoms with E-state index in [-0.39, 0.29) is 25.0 Å². The van der Waals surface area contributed by atoms with Gasteiger partial charge < -0.3 is 14.8 Å². The van der Waals surface area contributed by atoms with Crippen LogP contribution in [0.2, 0.25) is 0 Å². The molecule has 142 valence electrons. The number of ether oxygens (including phenoxy) is 2. The van der Waals surface area contributed by atoms with Crippen LogP contribution in [0.4, 0.5) is 5.82 Å². The van der Waals surface area contributed by atoms with Gasteiger partial charge in [-0.05, 0) is 29.8 Å². The molecule has 8 nitrogen and oxygen atoms in total. The number of fused-ring (bicyclic) bond motifs is 2. The topological polar surface area (TPSA) is 96.5 Å². The van der Waals surface area contributed by atoms with Crippen LogP contribution in [-0.4, -0.2) is 35.3 Å². The van der Waals surface area contributed by atoms with Gasteiger partial charge in [0.1, 0.15) is 0 Å². The van der Waals surface area contributed by atoms with Gasteiger partial charge in [-0.1, -0.05) is 18.2 Å². The molecule has 8 heteroatoms. The third kappa shape index (κ3) is 2.83. The number of H-pyrrole nitrogens is 1. The predicted molar refractivity (Wildman–Crippen MR) is 101 cm³/mol. The maximum Gasteiger partial charge on any atom is 0.231 e. The average Bonchev–Trinajstić information content (AvgIpc) is 3.43. The molecule has 5 rings (SSSR count). The van der Waals surface area contributed by atoms with Crippen molar-refractivity contribution in [1.82, 2.24) is 15.5 Å². The van der Waals surface area contributed by atoms with E-state index in [1.807, 2.05) is 42.5 Å². The molecule has 28 heavy (non-hydrogen) atoms. The maximum absolute atomic E-state index is 12.6. The summed E-state index contributed by atoms with van der Waals surface area (Å²) in [5.41, 5.74) is 1.78. The number of para-hydroxylation sites is 1. The number of aromatic amines is 1. The normalized spacial score (nSPS) is 18.1. The summed E-state index contributed by atoms with van der Waals surface area (Å²) in [6, 6.07) is 13.2. The Morgan fingerprint density at radius 1 is 1.21 bits per heavy atom. The van der Waals surface area contributed by atoms with Gasteiger partial charge in [-0.15, -0.1) is 0 Å². The van der Waals surface area contributed by atoms with Gasteiger partial charge in [-0.3, -0.25) is 19.6 Å². The largest absolute Gasteiger partial charge is 0.454 e. The number of carbonyl (C=O) groups is 2. The van der Waals surface area contributed by atoms with E-state index in [1.54, 1.807) is 4.90 Å². The number of rotatable bonds is 4.